The SMILES string of the molecule is CN(C)[C@H]1CC[C@@]2(C)[C@@H](CC[C@@H]3[C@@H]2CC[C@]2(C)C(c4ccc5ccccc5c4)=CC[C@@H]32)C1.CN(C)[C@H]1CC[C@@]2(C)[C@@H](CC[C@@H]3[C@@H]2CC[C@]2(C)C(c4ccc5ncccc5c4)=CC[C@@H]32)C1.CN(C)[C@H]1CC[C@@]2(C)[C@@H](CC[C@@H]3[C@@H]2CC[C@]2(C)C(c4cccc5cnccc45)=CC[C@@H]32)C1.CN(C)[C@H]1CC[C@@]2(C)[C@@H](CC[C@@H]3[C@@H]2CC[C@]2(C)C(c4ccccc4)=CC[C@@H]32)C1. The summed E-state index contributed by atoms with van der Waals surface area (Å²) in [5.74, 6) is 14.7. The predicted molar refractivity (Wildman–Crippen MR) is 524 cm³/mol. The number of allylic oxidation sites excluding steroid dienone is 8. The third kappa shape index (κ3) is 14.3. The monoisotopic (exact) mass is 1660 g/mol. The first-order valence-corrected chi connectivity index (χ1v) is 51.4. The van der Waals surface area contributed by atoms with Gasteiger partial charge < -0.3 is 19.6 Å². The first-order valence-electron chi connectivity index (χ1n) is 51.4. The zero-order valence-electron chi connectivity index (χ0n) is 80.0. The van der Waals surface area contributed by atoms with Crippen molar-refractivity contribution >= 4 is 54.7 Å². The molecule has 6 nitrogen and oxygen atoms in total. The Morgan fingerprint density at radius 2 is 0.645 bits per heavy atom. The topological polar surface area (TPSA) is 38.7 Å². The lowest BCUT2D eigenvalue weighted by Crippen LogP contribution is -2.54. The second kappa shape index (κ2) is 33.1. The highest BCUT2D eigenvalue weighted by Gasteiger charge is 2.64. The number of aromatic nitrogens is 2. The van der Waals surface area contributed by atoms with Crippen molar-refractivity contribution in [2.45, 2.75) is 285 Å². The number of hydrogen-bond acceptors (Lipinski definition) is 6. The highest BCUT2D eigenvalue weighted by molar-refractivity contribution is 5.95. The number of benzene rings is 5. The minimum Gasteiger partial charge on any atom is -0.306 e. The second-order valence-corrected chi connectivity index (χ2v) is 48.2. The molecule has 2 aromatic heterocycles. The van der Waals surface area contributed by atoms with E-state index in [4.69, 9.17) is 0 Å². The average Bonchev–Trinajstić information content (AvgIpc) is 1.46. The number of hydrogen-bond donors (Lipinski definition) is 0. The lowest BCUT2D eigenvalue weighted by atomic mass is 9.44. The van der Waals surface area contributed by atoms with E-state index in [1.54, 1.807) is 22.3 Å². The van der Waals surface area contributed by atoms with E-state index in [9.17, 15) is 0 Å². The summed E-state index contributed by atoms with van der Waals surface area (Å²) >= 11 is 0. The summed E-state index contributed by atoms with van der Waals surface area (Å²) in [6, 6.07) is 50.8. The summed E-state index contributed by atoms with van der Waals surface area (Å²) in [6.07, 6.45) is 61.9. The Labute approximate surface area is 751 Å². The molecule has 0 radical (unpaired) electrons. The van der Waals surface area contributed by atoms with E-state index in [0.717, 1.165) is 124 Å². The minimum absolute atomic E-state index is 0.336. The van der Waals surface area contributed by atoms with E-state index >= 15 is 0 Å². The normalized spacial score (nSPS) is 42.1. The van der Waals surface area contributed by atoms with Crippen molar-refractivity contribution in [2.75, 3.05) is 56.4 Å². The van der Waals surface area contributed by atoms with Gasteiger partial charge in [0.15, 0.2) is 0 Å². The van der Waals surface area contributed by atoms with E-state index in [0.29, 0.717) is 43.3 Å². The van der Waals surface area contributed by atoms with Crippen LogP contribution in [-0.2, 0) is 0 Å². The Morgan fingerprint density at radius 1 is 0.282 bits per heavy atom. The fraction of sp³-hybridized carbons (Fsp3) is 0.644. The van der Waals surface area contributed by atoms with Gasteiger partial charge >= 0.3 is 0 Å². The highest BCUT2D eigenvalue weighted by atomic mass is 15.1. The Balaban J connectivity index is 0.000000105. The van der Waals surface area contributed by atoms with Crippen LogP contribution in [0.15, 0.2) is 170 Å². The lowest BCUT2D eigenvalue weighted by Gasteiger charge is -2.61. The largest absolute Gasteiger partial charge is 0.306 e. The average molecular weight is 1660 g/mol. The van der Waals surface area contributed by atoms with Crippen molar-refractivity contribution in [2.24, 2.45) is 138 Å². The van der Waals surface area contributed by atoms with Gasteiger partial charge in [-0.2, -0.15) is 0 Å². The highest BCUT2D eigenvalue weighted by Crippen LogP contribution is 2.74. The standard InChI is InChI=1S/C31H41N.2C30H40N2.C27H39N/c1-30-17-15-25(32(3)4)20-24(30)11-12-26-28-14-13-27(31(28,2)18-16-29(26)30)23-10-9-21-7-5-6-8-22(21)19-23;1-29-15-13-23(32(3)4)19-22(29)8-9-24-26-11-10-25(30(26,2)16-14-27(24)29)20-7-12-28-21(18-20)6-5-17-31-28;1-29-15-12-22(32(3)4)18-21(29)8-9-25-27-11-10-26(30(27,2)16-13-28(25)29)24-7-5-6-20-19-31-17-14-23(20)24;1-26-16-14-21(28(3)4)18-20(26)10-11-22-24-13-12-23(19-8-6-5-7-9-19)27(24,2)17-15-25(22)26/h5-10,13,19,24-26,28-29H,11-12,14-18,20H2,1-4H3;5-7,10,12,17-18,22-24,26-27H,8-9,11,13-16,19H2,1-4H3;5-7,10,14,17,19,21-22,25,27-28H,8-9,11-13,15-16,18H2,1-4H3;5-9,12,20-22,24-25H,10-11,13-18H2,1-4H3/t24-,25-,26-,28-,29-,30-,31+;22-,23-,24-,26-,27-,29-,30+;21-,22-,25-,27-,28-,29-,30+;20-,21-,22-,24-,25-,26-,27+/m0000/s1. The molecular weight excluding hydrogens is 1500 g/mol. The van der Waals surface area contributed by atoms with E-state index < -0.39 is 0 Å². The molecule has 0 unspecified atom stereocenters. The first kappa shape index (κ1) is 86.0. The van der Waals surface area contributed by atoms with Gasteiger partial charge in [-0.15, -0.1) is 0 Å². The van der Waals surface area contributed by atoms with Gasteiger partial charge in [0.05, 0.1) is 5.52 Å². The third-order valence-electron chi connectivity index (χ3n) is 42.8. The van der Waals surface area contributed by atoms with E-state index in [-0.39, 0.29) is 0 Å². The Morgan fingerprint density at radius 3 is 1.07 bits per heavy atom. The summed E-state index contributed by atoms with van der Waals surface area (Å²) < 4.78 is 0. The molecular formula is C118H160N6. The van der Waals surface area contributed by atoms with Crippen molar-refractivity contribution in [1.29, 1.82) is 0 Å². The van der Waals surface area contributed by atoms with Crippen LogP contribution in [0.2, 0.25) is 0 Å². The van der Waals surface area contributed by atoms with Gasteiger partial charge in [0.2, 0.25) is 0 Å². The molecule has 0 amide bonds. The number of pyridine rings is 2. The Bertz CT molecular complexity index is 4990. The van der Waals surface area contributed by atoms with Gasteiger partial charge in [0.25, 0.3) is 0 Å². The van der Waals surface area contributed by atoms with Crippen LogP contribution in [-0.4, -0.2) is 110 Å². The maximum atomic E-state index is 4.54. The van der Waals surface area contributed by atoms with Crippen LogP contribution >= 0.6 is 0 Å². The van der Waals surface area contributed by atoms with Crippen LogP contribution < -0.4 is 0 Å². The van der Waals surface area contributed by atoms with E-state index in [2.05, 4.69) is 293 Å². The molecule has 0 saturated heterocycles. The molecule has 28 atom stereocenters. The van der Waals surface area contributed by atoms with Crippen LogP contribution in [0.3, 0.4) is 0 Å². The van der Waals surface area contributed by atoms with Crippen LogP contribution in [0, 0.1) is 138 Å². The number of fused-ring (bicyclic) bond motifs is 23. The van der Waals surface area contributed by atoms with Crippen LogP contribution in [0.5, 0.6) is 0 Å². The van der Waals surface area contributed by atoms with Gasteiger partial charge in [-0.1, -0.05) is 177 Å². The predicted octanol–water partition coefficient (Wildman–Crippen LogP) is 28.9. The van der Waals surface area contributed by atoms with Crippen LogP contribution in [0.1, 0.15) is 283 Å². The van der Waals surface area contributed by atoms with Gasteiger partial charge in [-0.05, 0) is 491 Å². The number of rotatable bonds is 8. The first-order chi connectivity index (χ1) is 59.6. The molecule has 12 fully saturated rings. The summed E-state index contributed by atoms with van der Waals surface area (Å²) in [4.78, 5) is 18.9. The minimum atomic E-state index is 0.336. The molecule has 12 saturated carbocycles. The quantitative estimate of drug-likeness (QED) is 0.151. The van der Waals surface area contributed by atoms with E-state index in [1.165, 1.54) is 255 Å². The van der Waals surface area contributed by atoms with Gasteiger partial charge in [-0.25, -0.2) is 0 Å². The molecule has 7 aromatic rings. The summed E-state index contributed by atoms with van der Waals surface area (Å²) in [6.45, 7) is 21.3. The Hall–Kier alpha value is -6.02. The molecule has 662 valence electrons. The van der Waals surface area contributed by atoms with Crippen molar-refractivity contribution < 1.29 is 0 Å². The van der Waals surface area contributed by atoms with Gasteiger partial charge in [0.1, 0.15) is 0 Å². The summed E-state index contributed by atoms with van der Waals surface area (Å²) in [5, 5.41) is 6.68. The third-order valence-corrected chi connectivity index (χ3v) is 42.8. The molecule has 0 N–H and O–H groups in total. The molecule has 0 bridgehead atoms. The molecule has 6 heteroatoms. The van der Waals surface area contributed by atoms with Gasteiger partial charge in [-0.3, -0.25) is 9.97 Å². The van der Waals surface area contributed by atoms with E-state index in [1.807, 2.05) is 18.6 Å². The maximum absolute atomic E-state index is 4.54. The lowest BCUT2D eigenvalue weighted by molar-refractivity contribution is -0.106. The van der Waals surface area contributed by atoms with Crippen LogP contribution in [0.25, 0.3) is 54.7 Å². The molecule has 0 aliphatic heterocycles. The maximum Gasteiger partial charge on any atom is 0.0702 e. The zero-order valence-corrected chi connectivity index (χ0v) is 80.0. The molecule has 2 heterocycles. The van der Waals surface area contributed by atoms with Crippen molar-refractivity contribution in [1.82, 2.24) is 29.6 Å². The summed E-state index contributed by atoms with van der Waals surface area (Å²) in [5.41, 5.74) is 17.4. The van der Waals surface area contributed by atoms with Crippen molar-refractivity contribution in [3.8, 4) is 0 Å². The molecule has 16 aliphatic carbocycles. The molecule has 16 aliphatic rings. The molecule has 5 aromatic carbocycles. The molecule has 23 rings (SSSR count). The second-order valence-electron chi connectivity index (χ2n) is 48.2. The summed E-state index contributed by atoms with van der Waals surface area (Å²) in [7, 11) is 18.3. The fourth-order valence-electron chi connectivity index (χ4n) is 35.4. The Kier molecular flexibility index (Phi) is 23.0. The van der Waals surface area contributed by atoms with Gasteiger partial charge in [0, 0.05) is 53.5 Å². The van der Waals surface area contributed by atoms with Crippen LogP contribution in [0.4, 0.5) is 0 Å². The molecule has 124 heavy (non-hydrogen) atoms. The molecule has 0 spiro atoms. The number of nitrogens with zero attached hydrogens (tertiary/aromatic N) is 6. The fourth-order valence-corrected chi connectivity index (χ4v) is 35.4. The smallest absolute Gasteiger partial charge is 0.0702 e. The van der Waals surface area contributed by atoms with Crippen molar-refractivity contribution in [3.63, 3.8) is 0 Å². The van der Waals surface area contributed by atoms with Crippen molar-refractivity contribution in [3.05, 3.63) is 193 Å². The zero-order chi connectivity index (χ0) is 85.8.